The van der Waals surface area contributed by atoms with Gasteiger partial charge in [0.2, 0.25) is 0 Å². The van der Waals surface area contributed by atoms with E-state index in [9.17, 15) is 26.3 Å². The average Bonchev–Trinajstić information content (AvgIpc) is 1.99. The molecule has 0 aliphatic rings. The summed E-state index contributed by atoms with van der Waals surface area (Å²) < 4.78 is 72.6. The summed E-state index contributed by atoms with van der Waals surface area (Å²) in [6.45, 7) is 0. The van der Waals surface area contributed by atoms with Crippen molar-refractivity contribution in [2.75, 3.05) is 0 Å². The standard InChI is InChI=1S/C7H2BrF6N/c8-5-4(7(12,13)14)3(1-2-15-5)6(9,10)11/h1-2H. The molecule has 0 aromatic carbocycles. The highest BCUT2D eigenvalue weighted by Gasteiger charge is 2.44. The summed E-state index contributed by atoms with van der Waals surface area (Å²) in [4.78, 5) is 3.12. The fourth-order valence-corrected chi connectivity index (χ4v) is 1.50. The minimum Gasteiger partial charge on any atom is -0.249 e. The van der Waals surface area contributed by atoms with Gasteiger partial charge >= 0.3 is 12.4 Å². The van der Waals surface area contributed by atoms with Gasteiger partial charge in [0, 0.05) is 6.20 Å². The number of halogens is 7. The minimum atomic E-state index is -5.10. The second-order valence-electron chi connectivity index (χ2n) is 2.52. The Hall–Kier alpha value is -0.790. The molecule has 0 saturated heterocycles. The summed E-state index contributed by atoms with van der Waals surface area (Å²) in [5.74, 6) is 0. The summed E-state index contributed by atoms with van der Waals surface area (Å²) in [6.07, 6.45) is -9.50. The van der Waals surface area contributed by atoms with E-state index in [2.05, 4.69) is 20.9 Å². The van der Waals surface area contributed by atoms with E-state index in [1.54, 1.807) is 0 Å². The zero-order valence-corrected chi connectivity index (χ0v) is 8.33. The average molecular weight is 294 g/mol. The molecule has 0 N–H and O–H groups in total. The van der Waals surface area contributed by atoms with Crippen LogP contribution in [-0.2, 0) is 12.4 Å². The lowest BCUT2D eigenvalue weighted by Crippen LogP contribution is -2.17. The van der Waals surface area contributed by atoms with Crippen LogP contribution in [0.25, 0.3) is 0 Å². The number of alkyl halides is 6. The fraction of sp³-hybridized carbons (Fsp3) is 0.286. The molecule has 1 heterocycles. The Kier molecular flexibility index (Phi) is 2.99. The van der Waals surface area contributed by atoms with Crippen molar-refractivity contribution in [2.24, 2.45) is 0 Å². The van der Waals surface area contributed by atoms with Crippen molar-refractivity contribution >= 4 is 15.9 Å². The number of aromatic nitrogens is 1. The van der Waals surface area contributed by atoms with Gasteiger partial charge in [-0.25, -0.2) is 4.98 Å². The van der Waals surface area contributed by atoms with Crippen LogP contribution in [0.15, 0.2) is 16.9 Å². The molecule has 0 fully saturated rings. The second-order valence-corrected chi connectivity index (χ2v) is 3.27. The molecule has 1 nitrogen and oxygen atoms in total. The van der Waals surface area contributed by atoms with E-state index < -0.39 is 28.1 Å². The third kappa shape index (κ3) is 2.61. The second kappa shape index (κ2) is 3.66. The molecular formula is C7H2BrF6N. The molecule has 8 heteroatoms. The first-order chi connectivity index (χ1) is 6.64. The molecule has 84 valence electrons. The van der Waals surface area contributed by atoms with Crippen LogP contribution in [-0.4, -0.2) is 4.98 Å². The van der Waals surface area contributed by atoms with Crippen molar-refractivity contribution in [3.8, 4) is 0 Å². The molecule has 0 radical (unpaired) electrons. The molecule has 1 rings (SSSR count). The Balaban J connectivity index is 3.48. The number of hydrogen-bond acceptors (Lipinski definition) is 1. The monoisotopic (exact) mass is 293 g/mol. The summed E-state index contributed by atoms with van der Waals surface area (Å²) in [7, 11) is 0. The van der Waals surface area contributed by atoms with Gasteiger partial charge in [-0.2, -0.15) is 26.3 Å². The molecule has 0 spiro atoms. The van der Waals surface area contributed by atoms with E-state index in [0.29, 0.717) is 6.20 Å². The van der Waals surface area contributed by atoms with Gasteiger partial charge in [0.05, 0.1) is 5.56 Å². The SMILES string of the molecule is FC(F)(F)c1ccnc(Br)c1C(F)(F)F. The first-order valence-electron chi connectivity index (χ1n) is 3.43. The van der Waals surface area contributed by atoms with Gasteiger partial charge in [-0.3, -0.25) is 0 Å². The molecule has 0 unspecified atom stereocenters. The lowest BCUT2D eigenvalue weighted by molar-refractivity contribution is -0.162. The van der Waals surface area contributed by atoms with E-state index in [-0.39, 0.29) is 6.07 Å². The third-order valence-corrected chi connectivity index (χ3v) is 2.09. The topological polar surface area (TPSA) is 12.9 Å². The van der Waals surface area contributed by atoms with Crippen LogP contribution in [0.2, 0.25) is 0 Å². The molecule has 15 heavy (non-hydrogen) atoms. The Labute approximate surface area is 88.2 Å². The van der Waals surface area contributed by atoms with E-state index in [4.69, 9.17) is 0 Å². The van der Waals surface area contributed by atoms with Crippen molar-refractivity contribution in [1.29, 1.82) is 0 Å². The number of nitrogens with zero attached hydrogens (tertiary/aromatic N) is 1. The van der Waals surface area contributed by atoms with E-state index in [0.717, 1.165) is 0 Å². The summed E-state index contributed by atoms with van der Waals surface area (Å²) >= 11 is 2.34. The van der Waals surface area contributed by atoms with Crippen LogP contribution >= 0.6 is 15.9 Å². The largest absolute Gasteiger partial charge is 0.419 e. The smallest absolute Gasteiger partial charge is 0.249 e. The predicted molar refractivity (Wildman–Crippen MR) is 41.9 cm³/mol. The van der Waals surface area contributed by atoms with Crippen LogP contribution in [0.5, 0.6) is 0 Å². The summed E-state index contributed by atoms with van der Waals surface area (Å²) in [6, 6.07) is 0.285. The lowest BCUT2D eigenvalue weighted by Gasteiger charge is -2.15. The predicted octanol–water partition coefficient (Wildman–Crippen LogP) is 3.88. The Morgan fingerprint density at radius 2 is 1.53 bits per heavy atom. The molecule has 0 amide bonds. The molecule has 0 saturated carbocycles. The van der Waals surface area contributed by atoms with Crippen molar-refractivity contribution in [2.45, 2.75) is 12.4 Å². The number of rotatable bonds is 0. The molecule has 0 atom stereocenters. The third-order valence-electron chi connectivity index (χ3n) is 1.49. The quantitative estimate of drug-likeness (QED) is 0.522. The highest BCUT2D eigenvalue weighted by atomic mass is 79.9. The Morgan fingerprint density at radius 3 is 1.87 bits per heavy atom. The van der Waals surface area contributed by atoms with Crippen LogP contribution in [0, 0.1) is 0 Å². The molecule has 0 aliphatic heterocycles. The lowest BCUT2D eigenvalue weighted by atomic mass is 10.1. The van der Waals surface area contributed by atoms with E-state index in [1.807, 2.05) is 0 Å². The fourth-order valence-electron chi connectivity index (χ4n) is 0.942. The summed E-state index contributed by atoms with van der Waals surface area (Å²) in [5.41, 5.74) is -3.56. The van der Waals surface area contributed by atoms with Crippen molar-refractivity contribution in [1.82, 2.24) is 4.98 Å². The van der Waals surface area contributed by atoms with Crippen LogP contribution in [0.3, 0.4) is 0 Å². The van der Waals surface area contributed by atoms with Gasteiger partial charge in [0.25, 0.3) is 0 Å². The van der Waals surface area contributed by atoms with Gasteiger partial charge in [0.1, 0.15) is 10.2 Å². The first kappa shape index (κ1) is 12.3. The Morgan fingerprint density at radius 1 is 1.00 bits per heavy atom. The maximum atomic E-state index is 12.3. The van der Waals surface area contributed by atoms with Gasteiger partial charge < -0.3 is 0 Å². The van der Waals surface area contributed by atoms with Crippen LogP contribution in [0.4, 0.5) is 26.3 Å². The van der Waals surface area contributed by atoms with Gasteiger partial charge in [-0.1, -0.05) is 0 Å². The maximum absolute atomic E-state index is 12.3. The van der Waals surface area contributed by atoms with Gasteiger partial charge in [0.15, 0.2) is 0 Å². The maximum Gasteiger partial charge on any atom is 0.419 e. The van der Waals surface area contributed by atoms with E-state index in [1.165, 1.54) is 0 Å². The van der Waals surface area contributed by atoms with E-state index >= 15 is 0 Å². The highest BCUT2D eigenvalue weighted by Crippen LogP contribution is 2.42. The normalized spacial score (nSPS) is 13.0. The van der Waals surface area contributed by atoms with Crippen LogP contribution in [0.1, 0.15) is 11.1 Å². The van der Waals surface area contributed by atoms with Crippen molar-refractivity contribution in [3.05, 3.63) is 28.0 Å². The highest BCUT2D eigenvalue weighted by molar-refractivity contribution is 9.10. The minimum absolute atomic E-state index is 0.285. The first-order valence-corrected chi connectivity index (χ1v) is 4.22. The number of pyridine rings is 1. The Bertz CT molecular complexity index is 369. The molecule has 0 aliphatic carbocycles. The van der Waals surface area contributed by atoms with Gasteiger partial charge in [-0.15, -0.1) is 0 Å². The van der Waals surface area contributed by atoms with Gasteiger partial charge in [-0.05, 0) is 22.0 Å². The zero-order valence-electron chi connectivity index (χ0n) is 6.75. The van der Waals surface area contributed by atoms with Crippen molar-refractivity contribution < 1.29 is 26.3 Å². The van der Waals surface area contributed by atoms with Crippen molar-refractivity contribution in [3.63, 3.8) is 0 Å². The summed E-state index contributed by atoms with van der Waals surface area (Å²) in [5, 5.41) is 0. The molecule has 1 aromatic heterocycles. The molecule has 0 bridgehead atoms. The zero-order chi connectivity index (χ0) is 11.9. The van der Waals surface area contributed by atoms with Crippen LogP contribution < -0.4 is 0 Å². The molecular weight excluding hydrogens is 292 g/mol. The molecule has 1 aromatic rings. The number of hydrogen-bond donors (Lipinski definition) is 0.